The molecule has 37 heavy (non-hydrogen) atoms. The first-order valence-electron chi connectivity index (χ1n) is 12.8. The Morgan fingerprint density at radius 3 is 2.38 bits per heavy atom. The first-order chi connectivity index (χ1) is 17.1. The second kappa shape index (κ2) is 9.13. The molecule has 5 N–H and O–H groups in total. The third-order valence-corrected chi connectivity index (χ3v) is 8.11. The molecule has 0 saturated heterocycles. The van der Waals surface area contributed by atoms with Crippen molar-refractivity contribution in [2.75, 3.05) is 6.54 Å². The quantitative estimate of drug-likeness (QED) is 0.432. The van der Waals surface area contributed by atoms with Gasteiger partial charge in [-0.3, -0.25) is 24.0 Å². The van der Waals surface area contributed by atoms with Crippen molar-refractivity contribution >= 4 is 29.0 Å². The number of phenolic OH excluding ortho intramolecular Hbond substituents is 1. The van der Waals surface area contributed by atoms with E-state index in [1.165, 1.54) is 0 Å². The predicted octanol–water partition coefficient (Wildman–Crippen LogP) is 1.59. The number of nitrogens with two attached hydrogens (primary N) is 1. The summed E-state index contributed by atoms with van der Waals surface area (Å²) in [7, 11) is 0. The van der Waals surface area contributed by atoms with Gasteiger partial charge in [0.1, 0.15) is 5.75 Å². The Morgan fingerprint density at radius 2 is 1.81 bits per heavy atom. The van der Waals surface area contributed by atoms with Crippen molar-refractivity contribution < 1.29 is 34.2 Å². The summed E-state index contributed by atoms with van der Waals surface area (Å²) in [6, 6.07) is 1.90. The van der Waals surface area contributed by atoms with Gasteiger partial charge in [-0.1, -0.05) is 40.7 Å². The lowest BCUT2D eigenvalue weighted by Crippen LogP contribution is -2.68. The van der Waals surface area contributed by atoms with Gasteiger partial charge < -0.3 is 21.3 Å². The molecule has 9 heteroatoms. The van der Waals surface area contributed by atoms with Crippen LogP contribution in [0.2, 0.25) is 0 Å². The highest BCUT2D eigenvalue weighted by Gasteiger charge is 2.66. The highest BCUT2D eigenvalue weighted by molar-refractivity contribution is 6.31. The van der Waals surface area contributed by atoms with Gasteiger partial charge in [0.25, 0.3) is 0 Å². The first kappa shape index (κ1) is 27.1. The van der Waals surface area contributed by atoms with E-state index in [-0.39, 0.29) is 35.5 Å². The van der Waals surface area contributed by atoms with Crippen LogP contribution in [0.15, 0.2) is 6.07 Å². The van der Waals surface area contributed by atoms with Crippen LogP contribution in [-0.4, -0.2) is 51.4 Å². The highest BCUT2D eigenvalue weighted by atomic mass is 16.3. The standard InChI is InChI=1S/C28H36N2O7/c1-12(2)16-8-14(10-30-11-27(3,4)5)22(32)20-17(16)7-13-6-15-9-18(31)21(26(29)36)25(35)28(15,37)24(34)19(13)23(20)33/h8,12-13,15,19,21,30,32,37H,6-7,9-11H2,1-5H3,(H2,29,36)/t13-,15+,19?,21?,28+/m1/s1. The summed E-state index contributed by atoms with van der Waals surface area (Å²) < 4.78 is 0. The van der Waals surface area contributed by atoms with E-state index in [0.717, 1.165) is 5.56 Å². The number of carbonyl (C=O) groups is 5. The second-order valence-electron chi connectivity index (χ2n) is 12.4. The Morgan fingerprint density at radius 1 is 1.16 bits per heavy atom. The molecule has 4 rings (SSSR count). The third-order valence-electron chi connectivity index (χ3n) is 8.11. The van der Waals surface area contributed by atoms with Crippen molar-refractivity contribution in [1.82, 2.24) is 5.32 Å². The molecule has 9 nitrogen and oxygen atoms in total. The maximum Gasteiger partial charge on any atom is 0.235 e. The minimum absolute atomic E-state index is 0.00490. The van der Waals surface area contributed by atoms with Gasteiger partial charge in [-0.2, -0.15) is 0 Å². The Balaban J connectivity index is 1.77. The molecule has 0 bridgehead atoms. The van der Waals surface area contributed by atoms with Gasteiger partial charge in [-0.05, 0) is 41.2 Å². The molecule has 2 saturated carbocycles. The monoisotopic (exact) mass is 512 g/mol. The van der Waals surface area contributed by atoms with Gasteiger partial charge in [-0.15, -0.1) is 0 Å². The highest BCUT2D eigenvalue weighted by Crippen LogP contribution is 2.51. The molecule has 0 heterocycles. The van der Waals surface area contributed by atoms with Crippen molar-refractivity contribution in [1.29, 1.82) is 0 Å². The van der Waals surface area contributed by atoms with Crippen molar-refractivity contribution in [2.24, 2.45) is 34.8 Å². The molecule has 2 fully saturated rings. The van der Waals surface area contributed by atoms with Crippen LogP contribution in [0.4, 0.5) is 0 Å². The van der Waals surface area contributed by atoms with Gasteiger partial charge in [0.2, 0.25) is 5.91 Å². The predicted molar refractivity (Wildman–Crippen MR) is 134 cm³/mol. The molecular formula is C28H36N2O7. The largest absolute Gasteiger partial charge is 0.507 e. The Labute approximate surface area is 216 Å². The van der Waals surface area contributed by atoms with E-state index in [1.54, 1.807) is 0 Å². The Kier molecular flexibility index (Phi) is 6.70. The van der Waals surface area contributed by atoms with Crippen LogP contribution in [0.5, 0.6) is 5.75 Å². The number of benzene rings is 1. The molecule has 0 aliphatic heterocycles. The first-order valence-corrected chi connectivity index (χ1v) is 12.8. The molecular weight excluding hydrogens is 476 g/mol. The smallest absolute Gasteiger partial charge is 0.235 e. The number of primary amides is 1. The average Bonchev–Trinajstić information content (AvgIpc) is 2.76. The number of hydrogen-bond acceptors (Lipinski definition) is 8. The van der Waals surface area contributed by atoms with Crippen molar-refractivity contribution in [3.05, 3.63) is 28.3 Å². The number of aliphatic hydroxyl groups is 1. The lowest BCUT2D eigenvalue weighted by molar-refractivity contribution is -0.175. The molecule has 3 aliphatic carbocycles. The van der Waals surface area contributed by atoms with Gasteiger partial charge >= 0.3 is 0 Å². The number of nitrogens with one attached hydrogen (secondary N) is 1. The maximum absolute atomic E-state index is 13.9. The van der Waals surface area contributed by atoms with E-state index < -0.39 is 58.3 Å². The number of rotatable bonds is 5. The fourth-order valence-corrected chi connectivity index (χ4v) is 6.34. The number of carbonyl (C=O) groups excluding carboxylic acids is 5. The van der Waals surface area contributed by atoms with Gasteiger partial charge in [0.15, 0.2) is 34.7 Å². The summed E-state index contributed by atoms with van der Waals surface area (Å²) in [5, 5.41) is 25.9. The van der Waals surface area contributed by atoms with E-state index >= 15 is 0 Å². The van der Waals surface area contributed by atoms with E-state index in [1.807, 2.05) is 19.9 Å². The van der Waals surface area contributed by atoms with Crippen LogP contribution in [0.3, 0.4) is 0 Å². The zero-order valence-corrected chi connectivity index (χ0v) is 22.0. The molecule has 1 amide bonds. The minimum Gasteiger partial charge on any atom is -0.507 e. The minimum atomic E-state index is -2.63. The van der Waals surface area contributed by atoms with E-state index in [2.05, 4.69) is 26.1 Å². The van der Waals surface area contributed by atoms with E-state index in [0.29, 0.717) is 30.6 Å². The summed E-state index contributed by atoms with van der Waals surface area (Å²) >= 11 is 0. The summed E-state index contributed by atoms with van der Waals surface area (Å²) in [4.78, 5) is 64.9. The van der Waals surface area contributed by atoms with Gasteiger partial charge in [-0.25, -0.2) is 0 Å². The van der Waals surface area contributed by atoms with Crippen LogP contribution in [0.25, 0.3) is 0 Å². The zero-order chi connectivity index (χ0) is 27.6. The van der Waals surface area contributed by atoms with Crippen LogP contribution >= 0.6 is 0 Å². The Bertz CT molecular complexity index is 1210. The molecule has 0 spiro atoms. The summed E-state index contributed by atoms with van der Waals surface area (Å²) in [6.45, 7) is 11.2. The number of phenols is 1. The second-order valence-corrected chi connectivity index (χ2v) is 12.4. The summed E-state index contributed by atoms with van der Waals surface area (Å²) in [5.41, 5.74) is 4.76. The summed E-state index contributed by atoms with van der Waals surface area (Å²) in [5.74, 6) is -9.81. The fourth-order valence-electron chi connectivity index (χ4n) is 6.34. The summed E-state index contributed by atoms with van der Waals surface area (Å²) in [6.07, 6.45) is 0.0449. The lowest BCUT2D eigenvalue weighted by atomic mass is 9.53. The van der Waals surface area contributed by atoms with Crippen molar-refractivity contribution in [2.45, 2.75) is 71.9 Å². The van der Waals surface area contributed by atoms with E-state index in [4.69, 9.17) is 5.73 Å². The topological polar surface area (TPSA) is 164 Å². The number of amides is 1. The molecule has 1 aromatic carbocycles. The number of Topliss-reactive ketones (excluding diaryl/α,β-unsaturated/α-hetero) is 4. The molecule has 0 aromatic heterocycles. The van der Waals surface area contributed by atoms with Crippen LogP contribution < -0.4 is 11.1 Å². The van der Waals surface area contributed by atoms with Gasteiger partial charge in [0, 0.05) is 31.0 Å². The average molecular weight is 513 g/mol. The van der Waals surface area contributed by atoms with Crippen molar-refractivity contribution in [3.8, 4) is 5.75 Å². The molecule has 5 atom stereocenters. The van der Waals surface area contributed by atoms with Crippen LogP contribution in [0.1, 0.15) is 80.4 Å². The SMILES string of the molecule is CC(C)c1cc(CNCC(C)(C)C)c(O)c2c1C[C@H]1C[C@H]3CC(=O)C(C(N)=O)C(=O)[C@@]3(O)C(=O)C1C2=O. The number of fused-ring (bicyclic) bond motifs is 3. The number of ketones is 4. The van der Waals surface area contributed by atoms with Gasteiger partial charge in [0.05, 0.1) is 11.5 Å². The molecule has 1 aromatic rings. The molecule has 200 valence electrons. The maximum atomic E-state index is 13.9. The van der Waals surface area contributed by atoms with Crippen molar-refractivity contribution in [3.63, 3.8) is 0 Å². The van der Waals surface area contributed by atoms with Crippen LogP contribution in [0, 0.1) is 29.1 Å². The van der Waals surface area contributed by atoms with Crippen LogP contribution in [-0.2, 0) is 32.1 Å². The molecule has 3 aliphatic rings. The number of aromatic hydroxyl groups is 1. The Hall–Kier alpha value is -2.91. The lowest BCUT2D eigenvalue weighted by Gasteiger charge is -2.48. The molecule has 2 unspecified atom stereocenters. The van der Waals surface area contributed by atoms with E-state index in [9.17, 15) is 34.2 Å². The number of hydrogen-bond donors (Lipinski definition) is 4. The molecule has 0 radical (unpaired) electrons. The third kappa shape index (κ3) is 4.32. The fraction of sp³-hybridized carbons (Fsp3) is 0.607. The normalized spacial score (nSPS) is 29.7. The zero-order valence-electron chi connectivity index (χ0n) is 22.0.